The van der Waals surface area contributed by atoms with Gasteiger partial charge in [-0.05, 0) is 44.6 Å². The Balaban J connectivity index is 0.000000774. The molecule has 2 aliphatic rings. The molecule has 2 heterocycles. The van der Waals surface area contributed by atoms with Gasteiger partial charge >= 0.3 is 0 Å². The molecule has 1 aromatic carbocycles. The Hall–Kier alpha value is -1.55. The van der Waals surface area contributed by atoms with Gasteiger partial charge in [0.15, 0.2) is 5.78 Å². The standard InChI is InChI=1S/C15H19NO3.C2H6/c1-16-7-3-6-15(10-16)9-13(17)12-8-11(18-2)4-5-14(12)19-15;1-2/h4-5,8H,3,6-7,9-10H2,1-2H3;1-2H3. The highest BCUT2D eigenvalue weighted by atomic mass is 16.5. The van der Waals surface area contributed by atoms with E-state index in [1.54, 1.807) is 13.2 Å². The van der Waals surface area contributed by atoms with Crippen LogP contribution in [0.5, 0.6) is 11.5 Å². The molecule has 1 saturated heterocycles. The van der Waals surface area contributed by atoms with Gasteiger partial charge in [-0.15, -0.1) is 0 Å². The predicted molar refractivity (Wildman–Crippen MR) is 83.4 cm³/mol. The molecule has 0 bridgehead atoms. The van der Waals surface area contributed by atoms with Crippen molar-refractivity contribution >= 4 is 5.78 Å². The first-order valence-corrected chi connectivity index (χ1v) is 7.71. The van der Waals surface area contributed by atoms with Crippen LogP contribution < -0.4 is 9.47 Å². The number of carbonyl (C=O) groups is 1. The van der Waals surface area contributed by atoms with Crippen LogP contribution in [0.15, 0.2) is 18.2 Å². The van der Waals surface area contributed by atoms with Crippen LogP contribution in [-0.2, 0) is 0 Å². The number of likely N-dealkylation sites (N-methyl/N-ethyl adjacent to an activating group) is 1. The number of likely N-dealkylation sites (tertiary alicyclic amines) is 1. The number of benzene rings is 1. The maximum absolute atomic E-state index is 12.4. The molecule has 3 rings (SSSR count). The van der Waals surface area contributed by atoms with Gasteiger partial charge in [-0.1, -0.05) is 13.8 Å². The van der Waals surface area contributed by atoms with Crippen molar-refractivity contribution in [2.24, 2.45) is 0 Å². The highest BCUT2D eigenvalue weighted by Gasteiger charge is 2.42. The average Bonchev–Trinajstić information content (AvgIpc) is 2.49. The fraction of sp³-hybridized carbons (Fsp3) is 0.588. The molecule has 0 saturated carbocycles. The number of nitrogens with zero attached hydrogens (tertiary/aromatic N) is 1. The van der Waals surface area contributed by atoms with Crippen LogP contribution in [0.1, 0.15) is 43.5 Å². The second kappa shape index (κ2) is 6.48. The summed E-state index contributed by atoms with van der Waals surface area (Å²) in [7, 11) is 3.69. The van der Waals surface area contributed by atoms with Crippen molar-refractivity contribution in [1.29, 1.82) is 0 Å². The van der Waals surface area contributed by atoms with Crippen molar-refractivity contribution in [2.75, 3.05) is 27.2 Å². The summed E-state index contributed by atoms with van der Waals surface area (Å²) >= 11 is 0. The average molecular weight is 291 g/mol. The minimum absolute atomic E-state index is 0.162. The van der Waals surface area contributed by atoms with E-state index >= 15 is 0 Å². The fourth-order valence-corrected chi connectivity index (χ4v) is 3.15. The van der Waals surface area contributed by atoms with E-state index in [4.69, 9.17) is 9.47 Å². The maximum Gasteiger partial charge on any atom is 0.170 e. The Morgan fingerprint density at radius 2 is 2.10 bits per heavy atom. The maximum atomic E-state index is 12.4. The van der Waals surface area contributed by atoms with Crippen molar-refractivity contribution in [3.63, 3.8) is 0 Å². The van der Waals surface area contributed by atoms with Crippen molar-refractivity contribution in [1.82, 2.24) is 4.90 Å². The molecule has 0 radical (unpaired) electrons. The number of rotatable bonds is 1. The number of methoxy groups -OCH3 is 1. The van der Waals surface area contributed by atoms with Crippen LogP contribution in [0.3, 0.4) is 0 Å². The lowest BCUT2D eigenvalue weighted by Gasteiger charge is -2.43. The SMILES string of the molecule is CC.COc1ccc2c(c1)C(=O)CC1(CCCN(C)C1)O2. The van der Waals surface area contributed by atoms with E-state index in [9.17, 15) is 4.79 Å². The third-order valence-electron chi connectivity index (χ3n) is 4.03. The molecule has 0 aliphatic carbocycles. The van der Waals surface area contributed by atoms with Crippen molar-refractivity contribution in [3.8, 4) is 11.5 Å². The summed E-state index contributed by atoms with van der Waals surface area (Å²) in [5.74, 6) is 1.57. The number of ether oxygens (including phenoxy) is 2. The summed E-state index contributed by atoms with van der Waals surface area (Å²) in [6, 6.07) is 5.47. The van der Waals surface area contributed by atoms with Gasteiger partial charge in [0.2, 0.25) is 0 Å². The van der Waals surface area contributed by atoms with E-state index in [2.05, 4.69) is 11.9 Å². The quantitative estimate of drug-likeness (QED) is 0.797. The van der Waals surface area contributed by atoms with Gasteiger partial charge in [0.1, 0.15) is 17.1 Å². The monoisotopic (exact) mass is 291 g/mol. The molecular weight excluding hydrogens is 266 g/mol. The number of Topliss-reactive ketones (excluding diaryl/α,β-unsaturated/α-hetero) is 1. The Bertz CT molecular complexity index is 515. The van der Waals surface area contributed by atoms with E-state index in [1.807, 2.05) is 26.0 Å². The van der Waals surface area contributed by atoms with Crippen molar-refractivity contribution in [2.45, 2.75) is 38.7 Å². The van der Waals surface area contributed by atoms with Gasteiger partial charge in [-0.25, -0.2) is 0 Å². The molecule has 0 aromatic heterocycles. The van der Waals surface area contributed by atoms with Gasteiger partial charge in [0.25, 0.3) is 0 Å². The zero-order valence-corrected chi connectivity index (χ0v) is 13.4. The van der Waals surface area contributed by atoms with Crippen LogP contribution in [0.25, 0.3) is 0 Å². The number of hydrogen-bond donors (Lipinski definition) is 0. The second-order valence-corrected chi connectivity index (χ2v) is 5.59. The normalized spacial score (nSPS) is 24.7. The smallest absolute Gasteiger partial charge is 0.170 e. The number of ketones is 1. The van der Waals surface area contributed by atoms with Gasteiger partial charge < -0.3 is 14.4 Å². The molecule has 4 nitrogen and oxygen atoms in total. The molecule has 1 aromatic rings. The topological polar surface area (TPSA) is 38.8 Å². The Kier molecular flexibility index (Phi) is 4.88. The molecule has 2 aliphatic heterocycles. The van der Waals surface area contributed by atoms with Crippen LogP contribution >= 0.6 is 0 Å². The van der Waals surface area contributed by atoms with E-state index in [-0.39, 0.29) is 11.4 Å². The Morgan fingerprint density at radius 1 is 1.33 bits per heavy atom. The zero-order valence-electron chi connectivity index (χ0n) is 13.4. The van der Waals surface area contributed by atoms with Gasteiger partial charge in [-0.3, -0.25) is 4.79 Å². The molecule has 1 atom stereocenters. The summed E-state index contributed by atoms with van der Waals surface area (Å²) in [6.07, 6.45) is 2.50. The van der Waals surface area contributed by atoms with E-state index in [0.717, 1.165) is 25.9 Å². The number of fused-ring (bicyclic) bond motifs is 1. The van der Waals surface area contributed by atoms with Gasteiger partial charge in [0.05, 0.1) is 19.1 Å². The lowest BCUT2D eigenvalue weighted by molar-refractivity contribution is -0.0105. The Labute approximate surface area is 127 Å². The van der Waals surface area contributed by atoms with E-state index in [1.165, 1.54) is 0 Å². The first kappa shape index (κ1) is 15.8. The summed E-state index contributed by atoms with van der Waals surface area (Å²) in [5.41, 5.74) is 0.323. The molecule has 4 heteroatoms. The van der Waals surface area contributed by atoms with E-state index in [0.29, 0.717) is 23.5 Å². The minimum atomic E-state index is -0.328. The van der Waals surface area contributed by atoms with Crippen LogP contribution in [0, 0.1) is 0 Å². The lowest BCUT2D eigenvalue weighted by atomic mass is 9.83. The first-order valence-electron chi connectivity index (χ1n) is 7.71. The molecule has 1 spiro atoms. The number of hydrogen-bond acceptors (Lipinski definition) is 4. The molecule has 1 unspecified atom stereocenters. The summed E-state index contributed by atoms with van der Waals surface area (Å²) in [5, 5.41) is 0. The summed E-state index contributed by atoms with van der Waals surface area (Å²) in [6.45, 7) is 5.90. The largest absolute Gasteiger partial charge is 0.497 e. The minimum Gasteiger partial charge on any atom is -0.497 e. The van der Waals surface area contributed by atoms with Crippen LogP contribution in [-0.4, -0.2) is 43.5 Å². The van der Waals surface area contributed by atoms with Crippen molar-refractivity contribution < 1.29 is 14.3 Å². The highest BCUT2D eigenvalue weighted by molar-refractivity contribution is 6.00. The van der Waals surface area contributed by atoms with Gasteiger partial charge in [-0.2, -0.15) is 0 Å². The summed E-state index contributed by atoms with van der Waals surface area (Å²) in [4.78, 5) is 14.6. The highest BCUT2D eigenvalue weighted by Crippen LogP contribution is 2.39. The van der Waals surface area contributed by atoms with Crippen LogP contribution in [0.4, 0.5) is 0 Å². The molecule has 0 amide bonds. The van der Waals surface area contributed by atoms with E-state index < -0.39 is 0 Å². The number of carbonyl (C=O) groups excluding carboxylic acids is 1. The molecular formula is C17H25NO3. The lowest BCUT2D eigenvalue weighted by Crippen LogP contribution is -2.53. The molecule has 21 heavy (non-hydrogen) atoms. The molecule has 1 fully saturated rings. The zero-order chi connectivity index (χ0) is 15.5. The predicted octanol–water partition coefficient (Wildman–Crippen LogP) is 3.15. The Morgan fingerprint density at radius 3 is 2.76 bits per heavy atom. The van der Waals surface area contributed by atoms with Gasteiger partial charge in [0, 0.05) is 6.54 Å². The molecule has 116 valence electrons. The third kappa shape index (κ3) is 3.21. The van der Waals surface area contributed by atoms with Crippen molar-refractivity contribution in [3.05, 3.63) is 23.8 Å². The number of piperidine rings is 1. The molecule has 0 N–H and O–H groups in total. The van der Waals surface area contributed by atoms with Crippen LogP contribution in [0.2, 0.25) is 0 Å². The third-order valence-corrected chi connectivity index (χ3v) is 4.03. The first-order chi connectivity index (χ1) is 10.1. The fourth-order valence-electron chi connectivity index (χ4n) is 3.15. The second-order valence-electron chi connectivity index (χ2n) is 5.59. The summed E-state index contributed by atoms with van der Waals surface area (Å²) < 4.78 is 11.3.